The van der Waals surface area contributed by atoms with Gasteiger partial charge in [-0.2, -0.15) is 0 Å². The molecule has 0 aromatic carbocycles. The van der Waals surface area contributed by atoms with Gasteiger partial charge < -0.3 is 4.74 Å². The minimum atomic E-state index is 0.244. The molecule has 0 spiro atoms. The molecule has 2 heteroatoms. The molecule has 0 aromatic rings. The molecule has 0 N–H and O–H groups in total. The fourth-order valence-electron chi connectivity index (χ4n) is 2.69. The van der Waals surface area contributed by atoms with Crippen LogP contribution in [0.5, 0.6) is 0 Å². The van der Waals surface area contributed by atoms with Crippen molar-refractivity contribution in [2.24, 2.45) is 11.8 Å². The maximum absolute atomic E-state index is 12.1. The summed E-state index contributed by atoms with van der Waals surface area (Å²) in [5.41, 5.74) is 0. The largest absolute Gasteiger partial charge is 0.490 e. The van der Waals surface area contributed by atoms with Gasteiger partial charge in [0.1, 0.15) is 0 Å². The summed E-state index contributed by atoms with van der Waals surface area (Å²) in [6.45, 7) is 2.92. The highest BCUT2D eigenvalue weighted by Gasteiger charge is 2.29. The fourth-order valence-corrected chi connectivity index (χ4v) is 2.69. The molecule has 1 fully saturated rings. The molecule has 2 unspecified atom stereocenters. The van der Waals surface area contributed by atoms with E-state index in [9.17, 15) is 4.79 Å². The first kappa shape index (κ1) is 10.7. The molecule has 0 radical (unpaired) electrons. The van der Waals surface area contributed by atoms with Crippen molar-refractivity contribution in [3.63, 3.8) is 0 Å². The Labute approximate surface area is 91.7 Å². The Kier molecular flexibility index (Phi) is 3.45. The average Bonchev–Trinajstić information content (AvgIpc) is 2.81. The van der Waals surface area contributed by atoms with E-state index >= 15 is 0 Å². The van der Waals surface area contributed by atoms with E-state index < -0.39 is 0 Å². The third kappa shape index (κ3) is 2.42. The van der Waals surface area contributed by atoms with Crippen LogP contribution in [0.1, 0.15) is 45.4 Å². The first-order valence-corrected chi connectivity index (χ1v) is 6.18. The molecule has 0 amide bonds. The first-order chi connectivity index (χ1) is 7.31. The van der Waals surface area contributed by atoms with Gasteiger partial charge in [0, 0.05) is 12.3 Å². The molecule has 1 aliphatic carbocycles. The van der Waals surface area contributed by atoms with Gasteiger partial charge in [0.15, 0.2) is 11.5 Å². The molecule has 2 atom stereocenters. The number of rotatable bonds is 3. The Morgan fingerprint density at radius 3 is 3.07 bits per heavy atom. The van der Waals surface area contributed by atoms with Crippen molar-refractivity contribution in [1.29, 1.82) is 0 Å². The number of Topliss-reactive ketones (excluding diaryl/α,β-unsaturated/α-hetero) is 1. The lowest BCUT2D eigenvalue weighted by atomic mass is 9.78. The number of ketones is 1. The highest BCUT2D eigenvalue weighted by Crippen LogP contribution is 2.33. The van der Waals surface area contributed by atoms with Crippen LogP contribution < -0.4 is 0 Å². The van der Waals surface area contributed by atoms with Gasteiger partial charge in [0.2, 0.25) is 0 Å². The van der Waals surface area contributed by atoms with E-state index in [2.05, 4.69) is 6.92 Å². The molecule has 2 aliphatic rings. The maximum Gasteiger partial charge on any atom is 0.200 e. The average molecular weight is 208 g/mol. The van der Waals surface area contributed by atoms with Crippen molar-refractivity contribution < 1.29 is 9.53 Å². The normalized spacial score (nSPS) is 30.9. The first-order valence-electron chi connectivity index (χ1n) is 6.18. The van der Waals surface area contributed by atoms with Gasteiger partial charge in [0.25, 0.3) is 0 Å². The topological polar surface area (TPSA) is 26.3 Å². The van der Waals surface area contributed by atoms with Crippen LogP contribution in [0, 0.1) is 11.8 Å². The predicted molar refractivity (Wildman–Crippen MR) is 59.4 cm³/mol. The molecule has 84 valence electrons. The standard InChI is InChI=1S/C13H20O2/c1-2-10-5-3-6-11(9-10)13(14)12-7-4-8-15-12/h7,10-11H,2-6,8-9H2,1H3. The van der Waals surface area contributed by atoms with Crippen molar-refractivity contribution in [2.45, 2.75) is 45.4 Å². The second-order valence-corrected chi connectivity index (χ2v) is 4.71. The SMILES string of the molecule is CCC1CCCC(C(=O)C2=CCCO2)C1. The molecule has 0 aromatic heterocycles. The Hall–Kier alpha value is -0.790. The summed E-state index contributed by atoms with van der Waals surface area (Å²) >= 11 is 0. The van der Waals surface area contributed by atoms with E-state index in [1.807, 2.05) is 6.08 Å². The van der Waals surface area contributed by atoms with Gasteiger partial charge >= 0.3 is 0 Å². The van der Waals surface area contributed by atoms with Crippen molar-refractivity contribution in [3.8, 4) is 0 Å². The summed E-state index contributed by atoms with van der Waals surface area (Å²) in [7, 11) is 0. The molecule has 15 heavy (non-hydrogen) atoms. The summed E-state index contributed by atoms with van der Waals surface area (Å²) in [4.78, 5) is 12.1. The number of ether oxygens (including phenoxy) is 1. The molecule has 2 nitrogen and oxygen atoms in total. The monoisotopic (exact) mass is 208 g/mol. The van der Waals surface area contributed by atoms with Gasteiger partial charge in [-0.3, -0.25) is 4.79 Å². The van der Waals surface area contributed by atoms with Crippen molar-refractivity contribution in [2.75, 3.05) is 6.61 Å². The van der Waals surface area contributed by atoms with E-state index in [1.54, 1.807) is 0 Å². The lowest BCUT2D eigenvalue weighted by Gasteiger charge is -2.27. The minimum Gasteiger partial charge on any atom is -0.490 e. The molecule has 0 bridgehead atoms. The Morgan fingerprint density at radius 2 is 2.40 bits per heavy atom. The zero-order chi connectivity index (χ0) is 10.7. The van der Waals surface area contributed by atoms with Crippen LogP contribution in [0.25, 0.3) is 0 Å². The van der Waals surface area contributed by atoms with E-state index in [1.165, 1.54) is 19.3 Å². The van der Waals surface area contributed by atoms with Gasteiger partial charge in [-0.25, -0.2) is 0 Å². The van der Waals surface area contributed by atoms with Crippen LogP contribution in [0.2, 0.25) is 0 Å². The molecule has 1 heterocycles. The van der Waals surface area contributed by atoms with Crippen LogP contribution >= 0.6 is 0 Å². The van der Waals surface area contributed by atoms with Crippen LogP contribution in [0.3, 0.4) is 0 Å². The Morgan fingerprint density at radius 1 is 1.53 bits per heavy atom. The quantitative estimate of drug-likeness (QED) is 0.712. The second-order valence-electron chi connectivity index (χ2n) is 4.71. The number of hydrogen-bond donors (Lipinski definition) is 0. The summed E-state index contributed by atoms with van der Waals surface area (Å²) in [6.07, 6.45) is 8.74. The van der Waals surface area contributed by atoms with Crippen LogP contribution in [-0.4, -0.2) is 12.4 Å². The fraction of sp³-hybridized carbons (Fsp3) is 0.769. The summed E-state index contributed by atoms with van der Waals surface area (Å²) in [5, 5.41) is 0. The van der Waals surface area contributed by atoms with Crippen molar-refractivity contribution >= 4 is 5.78 Å². The molecular formula is C13H20O2. The summed E-state index contributed by atoms with van der Waals surface area (Å²) in [6, 6.07) is 0. The minimum absolute atomic E-state index is 0.244. The summed E-state index contributed by atoms with van der Waals surface area (Å²) in [5.74, 6) is 1.92. The van der Waals surface area contributed by atoms with E-state index in [0.29, 0.717) is 12.4 Å². The smallest absolute Gasteiger partial charge is 0.200 e. The zero-order valence-electron chi connectivity index (χ0n) is 9.50. The summed E-state index contributed by atoms with van der Waals surface area (Å²) < 4.78 is 5.35. The van der Waals surface area contributed by atoms with Crippen molar-refractivity contribution in [1.82, 2.24) is 0 Å². The second kappa shape index (κ2) is 4.82. The van der Waals surface area contributed by atoms with E-state index in [-0.39, 0.29) is 11.7 Å². The maximum atomic E-state index is 12.1. The number of hydrogen-bond acceptors (Lipinski definition) is 2. The van der Waals surface area contributed by atoms with Gasteiger partial charge in [-0.1, -0.05) is 26.2 Å². The predicted octanol–water partition coefficient (Wildman–Crippen LogP) is 3.08. The molecule has 1 saturated carbocycles. The Balaban J connectivity index is 1.94. The number of carbonyl (C=O) groups is 1. The van der Waals surface area contributed by atoms with E-state index in [0.717, 1.165) is 25.2 Å². The lowest BCUT2D eigenvalue weighted by molar-refractivity contribution is -0.123. The molecular weight excluding hydrogens is 188 g/mol. The third-order valence-corrected chi connectivity index (χ3v) is 3.68. The van der Waals surface area contributed by atoms with Crippen LogP contribution in [-0.2, 0) is 9.53 Å². The van der Waals surface area contributed by atoms with Gasteiger partial charge in [0.05, 0.1) is 6.61 Å². The van der Waals surface area contributed by atoms with Crippen LogP contribution in [0.4, 0.5) is 0 Å². The molecule has 0 saturated heterocycles. The molecule has 1 aliphatic heterocycles. The van der Waals surface area contributed by atoms with Crippen LogP contribution in [0.15, 0.2) is 11.8 Å². The van der Waals surface area contributed by atoms with Gasteiger partial charge in [-0.15, -0.1) is 0 Å². The third-order valence-electron chi connectivity index (χ3n) is 3.68. The van der Waals surface area contributed by atoms with Crippen molar-refractivity contribution in [3.05, 3.63) is 11.8 Å². The zero-order valence-corrected chi connectivity index (χ0v) is 9.50. The van der Waals surface area contributed by atoms with E-state index in [4.69, 9.17) is 4.74 Å². The Bertz CT molecular complexity index is 268. The highest BCUT2D eigenvalue weighted by molar-refractivity contribution is 5.95. The number of allylic oxidation sites excluding steroid dienone is 1. The lowest BCUT2D eigenvalue weighted by Crippen LogP contribution is -2.24. The molecule has 2 rings (SSSR count). The number of carbonyl (C=O) groups excluding carboxylic acids is 1. The highest BCUT2D eigenvalue weighted by atomic mass is 16.5. The van der Waals surface area contributed by atoms with Gasteiger partial charge in [-0.05, 0) is 24.8 Å².